The molecule has 0 heterocycles. The number of anilines is 2. The van der Waals surface area contributed by atoms with Gasteiger partial charge in [0.2, 0.25) is 5.91 Å². The molecule has 2 N–H and O–H groups in total. The average Bonchev–Trinajstić information content (AvgIpc) is 2.92. The van der Waals surface area contributed by atoms with Crippen LogP contribution in [0.25, 0.3) is 0 Å². The Morgan fingerprint density at radius 2 is 1.19 bits per heavy atom. The molecule has 4 aromatic carbocycles. The summed E-state index contributed by atoms with van der Waals surface area (Å²) in [7, 11) is 0. The lowest BCUT2D eigenvalue weighted by Crippen LogP contribution is -2.21. The fraction of sp³-hybridized carbons (Fsp3) is 0.194. The van der Waals surface area contributed by atoms with Crippen molar-refractivity contribution >= 4 is 17.3 Å². The molecule has 0 aliphatic rings. The fourth-order valence-corrected chi connectivity index (χ4v) is 3.79. The van der Waals surface area contributed by atoms with Crippen LogP contribution in [0.15, 0.2) is 109 Å². The van der Waals surface area contributed by atoms with Gasteiger partial charge in [0, 0.05) is 29.9 Å². The van der Waals surface area contributed by atoms with E-state index < -0.39 is 0 Å². The molecule has 0 bridgehead atoms. The van der Waals surface area contributed by atoms with E-state index in [1.54, 1.807) is 0 Å². The first-order chi connectivity index (χ1) is 17.7. The van der Waals surface area contributed by atoms with Gasteiger partial charge in [-0.2, -0.15) is 0 Å². The number of carbonyl (C=O) groups excluding carboxylic acids is 1. The lowest BCUT2D eigenvalue weighted by atomic mass is 10.1. The Morgan fingerprint density at radius 1 is 0.611 bits per heavy atom. The van der Waals surface area contributed by atoms with E-state index in [0.717, 1.165) is 36.4 Å². The Labute approximate surface area is 213 Å². The molecule has 5 heteroatoms. The quantitative estimate of drug-likeness (QED) is 0.218. The number of hydrogen-bond donors (Lipinski definition) is 2. The molecule has 184 valence electrons. The van der Waals surface area contributed by atoms with Crippen molar-refractivity contribution in [1.82, 2.24) is 0 Å². The Bertz CT molecular complexity index is 1210. The predicted molar refractivity (Wildman–Crippen MR) is 146 cm³/mol. The minimum absolute atomic E-state index is 0.133. The molecule has 0 aromatic heterocycles. The molecule has 0 saturated carbocycles. The minimum Gasteiger partial charge on any atom is -0.494 e. The minimum atomic E-state index is -0.133. The molecule has 4 aromatic rings. The van der Waals surface area contributed by atoms with Gasteiger partial charge in [-0.05, 0) is 48.2 Å². The lowest BCUT2D eigenvalue weighted by Gasteiger charge is -2.11. The van der Waals surface area contributed by atoms with E-state index in [0.29, 0.717) is 18.9 Å². The highest BCUT2D eigenvalue weighted by Crippen LogP contribution is 2.19. The third kappa shape index (κ3) is 8.51. The third-order valence-electron chi connectivity index (χ3n) is 5.63. The molecule has 0 spiro atoms. The van der Waals surface area contributed by atoms with E-state index in [1.807, 2.05) is 72.8 Å². The van der Waals surface area contributed by atoms with Crippen molar-refractivity contribution < 1.29 is 14.3 Å². The van der Waals surface area contributed by atoms with Gasteiger partial charge in [0.25, 0.3) is 0 Å². The standard InChI is InChI=1S/C31H32N2O3/c34-31(24-32-27-15-7-17-29(22-27)36-21-19-26-12-5-2-6-13-26)33-28-16-8-18-30(23-28)35-20-9-14-25-10-3-1-4-11-25/h1-8,10-13,15-18,22-23,32H,9,14,19-21,24H2,(H,33,34). The maximum absolute atomic E-state index is 12.5. The van der Waals surface area contributed by atoms with Crippen LogP contribution in [0, 0.1) is 0 Å². The van der Waals surface area contributed by atoms with Gasteiger partial charge in [0.15, 0.2) is 0 Å². The highest BCUT2D eigenvalue weighted by molar-refractivity contribution is 5.93. The smallest absolute Gasteiger partial charge is 0.243 e. The van der Waals surface area contributed by atoms with E-state index in [9.17, 15) is 4.79 Å². The molecule has 0 saturated heterocycles. The second-order valence-electron chi connectivity index (χ2n) is 8.48. The largest absolute Gasteiger partial charge is 0.494 e. The second kappa shape index (κ2) is 13.6. The number of rotatable bonds is 13. The van der Waals surface area contributed by atoms with Crippen LogP contribution in [-0.4, -0.2) is 25.7 Å². The Morgan fingerprint density at radius 3 is 1.89 bits per heavy atom. The predicted octanol–water partition coefficient (Wildman–Crippen LogP) is 6.37. The van der Waals surface area contributed by atoms with Gasteiger partial charge in [0.05, 0.1) is 19.8 Å². The monoisotopic (exact) mass is 480 g/mol. The number of carbonyl (C=O) groups is 1. The molecule has 0 aliphatic heterocycles. The SMILES string of the molecule is O=C(CNc1cccc(OCCc2ccccc2)c1)Nc1cccc(OCCCc2ccccc2)c1. The Kier molecular flexibility index (Phi) is 9.39. The van der Waals surface area contributed by atoms with Crippen molar-refractivity contribution in [3.8, 4) is 11.5 Å². The fourth-order valence-electron chi connectivity index (χ4n) is 3.79. The third-order valence-corrected chi connectivity index (χ3v) is 5.63. The van der Waals surface area contributed by atoms with Crippen molar-refractivity contribution in [2.24, 2.45) is 0 Å². The molecular formula is C31H32N2O3. The number of ether oxygens (including phenoxy) is 2. The molecule has 0 aliphatic carbocycles. The first kappa shape index (κ1) is 24.9. The zero-order valence-corrected chi connectivity index (χ0v) is 20.4. The summed E-state index contributed by atoms with van der Waals surface area (Å²) < 4.78 is 11.7. The molecule has 36 heavy (non-hydrogen) atoms. The summed E-state index contributed by atoms with van der Waals surface area (Å²) in [6, 6.07) is 35.8. The number of hydrogen-bond acceptors (Lipinski definition) is 4. The average molecular weight is 481 g/mol. The molecule has 5 nitrogen and oxygen atoms in total. The summed E-state index contributed by atoms with van der Waals surface area (Å²) in [6.07, 6.45) is 2.75. The maximum atomic E-state index is 12.5. The van der Waals surface area contributed by atoms with Crippen LogP contribution >= 0.6 is 0 Å². The van der Waals surface area contributed by atoms with E-state index in [-0.39, 0.29) is 12.5 Å². The van der Waals surface area contributed by atoms with Crippen LogP contribution in [-0.2, 0) is 17.6 Å². The van der Waals surface area contributed by atoms with E-state index in [1.165, 1.54) is 11.1 Å². The van der Waals surface area contributed by atoms with Gasteiger partial charge >= 0.3 is 0 Å². The first-order valence-corrected chi connectivity index (χ1v) is 12.3. The van der Waals surface area contributed by atoms with Gasteiger partial charge in [-0.3, -0.25) is 4.79 Å². The molecule has 0 radical (unpaired) electrons. The first-order valence-electron chi connectivity index (χ1n) is 12.3. The van der Waals surface area contributed by atoms with Crippen LogP contribution in [0.2, 0.25) is 0 Å². The molecule has 0 unspecified atom stereocenters. The Balaban J connectivity index is 1.18. The molecule has 0 atom stereocenters. The summed E-state index contributed by atoms with van der Waals surface area (Å²) in [5.41, 5.74) is 4.09. The summed E-state index contributed by atoms with van der Waals surface area (Å²) >= 11 is 0. The number of benzene rings is 4. The molecule has 0 fully saturated rings. The van der Waals surface area contributed by atoms with Crippen molar-refractivity contribution in [2.75, 3.05) is 30.4 Å². The van der Waals surface area contributed by atoms with Crippen LogP contribution in [0.3, 0.4) is 0 Å². The summed E-state index contributed by atoms with van der Waals surface area (Å²) in [4.78, 5) is 12.5. The number of amides is 1. The highest BCUT2D eigenvalue weighted by atomic mass is 16.5. The van der Waals surface area contributed by atoms with E-state index >= 15 is 0 Å². The van der Waals surface area contributed by atoms with Crippen LogP contribution in [0.1, 0.15) is 17.5 Å². The van der Waals surface area contributed by atoms with Crippen LogP contribution in [0.4, 0.5) is 11.4 Å². The summed E-state index contributed by atoms with van der Waals surface area (Å²) in [5.74, 6) is 1.38. The zero-order valence-electron chi connectivity index (χ0n) is 20.4. The number of nitrogens with one attached hydrogen (secondary N) is 2. The molecule has 1 amide bonds. The van der Waals surface area contributed by atoms with Gasteiger partial charge < -0.3 is 20.1 Å². The van der Waals surface area contributed by atoms with Crippen LogP contribution < -0.4 is 20.1 Å². The topological polar surface area (TPSA) is 59.6 Å². The molecular weight excluding hydrogens is 448 g/mol. The van der Waals surface area contributed by atoms with E-state index in [2.05, 4.69) is 47.0 Å². The summed E-state index contributed by atoms with van der Waals surface area (Å²) in [6.45, 7) is 1.37. The second-order valence-corrected chi connectivity index (χ2v) is 8.48. The van der Waals surface area contributed by atoms with E-state index in [4.69, 9.17) is 9.47 Å². The summed E-state index contributed by atoms with van der Waals surface area (Å²) in [5, 5.41) is 6.09. The lowest BCUT2D eigenvalue weighted by molar-refractivity contribution is -0.114. The highest BCUT2D eigenvalue weighted by Gasteiger charge is 2.05. The van der Waals surface area contributed by atoms with Gasteiger partial charge in [-0.15, -0.1) is 0 Å². The normalized spacial score (nSPS) is 10.4. The van der Waals surface area contributed by atoms with Gasteiger partial charge in [-0.1, -0.05) is 72.8 Å². The Hall–Kier alpha value is -4.25. The van der Waals surface area contributed by atoms with Crippen molar-refractivity contribution in [3.05, 3.63) is 120 Å². The number of aryl methyl sites for hydroxylation is 1. The van der Waals surface area contributed by atoms with Crippen molar-refractivity contribution in [1.29, 1.82) is 0 Å². The van der Waals surface area contributed by atoms with Crippen LogP contribution in [0.5, 0.6) is 11.5 Å². The van der Waals surface area contributed by atoms with Gasteiger partial charge in [-0.25, -0.2) is 0 Å². The zero-order chi connectivity index (χ0) is 24.8. The maximum Gasteiger partial charge on any atom is 0.243 e. The van der Waals surface area contributed by atoms with Gasteiger partial charge in [0.1, 0.15) is 11.5 Å². The van der Waals surface area contributed by atoms with Crippen molar-refractivity contribution in [2.45, 2.75) is 19.3 Å². The van der Waals surface area contributed by atoms with Crippen molar-refractivity contribution in [3.63, 3.8) is 0 Å². The molecule has 4 rings (SSSR count).